The Bertz CT molecular complexity index is 542. The zero-order valence-electron chi connectivity index (χ0n) is 9.93. The minimum absolute atomic E-state index is 0.201. The summed E-state index contributed by atoms with van der Waals surface area (Å²) in [6, 6.07) is 1.76. The molecule has 0 aromatic carbocycles. The number of oxazole rings is 1. The Hall–Kier alpha value is -2.11. The molecular formula is C11H13N3O3. The molecule has 0 aliphatic carbocycles. The first-order valence-electron chi connectivity index (χ1n) is 5.26. The van der Waals surface area contributed by atoms with Crippen molar-refractivity contribution in [3.05, 3.63) is 23.7 Å². The lowest BCUT2D eigenvalue weighted by molar-refractivity contribution is 0.0518. The van der Waals surface area contributed by atoms with Gasteiger partial charge in [0, 0.05) is 13.2 Å². The van der Waals surface area contributed by atoms with Crippen LogP contribution in [0.5, 0.6) is 0 Å². The van der Waals surface area contributed by atoms with Crippen molar-refractivity contribution in [2.24, 2.45) is 7.05 Å². The second-order valence-corrected chi connectivity index (χ2v) is 3.52. The Kier molecular flexibility index (Phi) is 2.95. The molecule has 90 valence electrons. The Morgan fingerprint density at radius 3 is 2.94 bits per heavy atom. The smallest absolute Gasteiger partial charge is 0.360 e. The topological polar surface area (TPSA) is 70.2 Å². The predicted molar refractivity (Wildman–Crippen MR) is 59.4 cm³/mol. The molecule has 0 N–H and O–H groups in total. The van der Waals surface area contributed by atoms with Crippen LogP contribution >= 0.6 is 0 Å². The quantitative estimate of drug-likeness (QED) is 0.755. The largest absolute Gasteiger partial charge is 0.461 e. The molecule has 0 unspecified atom stereocenters. The first-order chi connectivity index (χ1) is 8.11. The van der Waals surface area contributed by atoms with E-state index in [4.69, 9.17) is 9.15 Å². The van der Waals surface area contributed by atoms with Crippen molar-refractivity contribution < 1.29 is 13.9 Å². The molecule has 2 rings (SSSR count). The van der Waals surface area contributed by atoms with E-state index >= 15 is 0 Å². The monoisotopic (exact) mass is 235 g/mol. The summed E-state index contributed by atoms with van der Waals surface area (Å²) < 4.78 is 11.9. The van der Waals surface area contributed by atoms with Crippen LogP contribution in [-0.4, -0.2) is 27.3 Å². The molecule has 0 aliphatic rings. The van der Waals surface area contributed by atoms with E-state index in [-0.39, 0.29) is 5.69 Å². The van der Waals surface area contributed by atoms with Gasteiger partial charge >= 0.3 is 5.97 Å². The number of carbonyl (C=O) groups excluding carboxylic acids is 1. The van der Waals surface area contributed by atoms with Crippen LogP contribution in [0.3, 0.4) is 0 Å². The van der Waals surface area contributed by atoms with Gasteiger partial charge in [0.15, 0.2) is 5.69 Å². The van der Waals surface area contributed by atoms with Crippen molar-refractivity contribution in [2.45, 2.75) is 13.8 Å². The summed E-state index contributed by atoms with van der Waals surface area (Å²) in [6.45, 7) is 3.72. The van der Waals surface area contributed by atoms with E-state index in [0.29, 0.717) is 24.0 Å². The number of rotatable bonds is 3. The summed E-state index contributed by atoms with van der Waals surface area (Å²) in [5, 5.41) is 4.15. The Balaban J connectivity index is 2.33. The first-order valence-corrected chi connectivity index (χ1v) is 5.26. The van der Waals surface area contributed by atoms with Crippen LogP contribution in [0.15, 0.2) is 16.7 Å². The van der Waals surface area contributed by atoms with E-state index in [2.05, 4.69) is 10.1 Å². The van der Waals surface area contributed by atoms with Gasteiger partial charge in [0.1, 0.15) is 11.5 Å². The van der Waals surface area contributed by atoms with Crippen LogP contribution < -0.4 is 0 Å². The molecule has 6 nitrogen and oxygen atoms in total. The normalized spacial score (nSPS) is 10.5. The lowest BCUT2D eigenvalue weighted by Gasteiger charge is -1.96. The average Bonchev–Trinajstić information content (AvgIpc) is 2.85. The van der Waals surface area contributed by atoms with E-state index in [9.17, 15) is 4.79 Å². The van der Waals surface area contributed by atoms with Crippen molar-refractivity contribution in [1.29, 1.82) is 0 Å². The van der Waals surface area contributed by atoms with Crippen LogP contribution in [0.1, 0.15) is 23.2 Å². The maximum Gasteiger partial charge on any atom is 0.360 e. The SMILES string of the molecule is CCOC(=O)c1nc(-c2ccn(C)n2)oc1C. The molecule has 0 radical (unpaired) electrons. The van der Waals surface area contributed by atoms with Crippen LogP contribution in [0.2, 0.25) is 0 Å². The van der Waals surface area contributed by atoms with Gasteiger partial charge in [-0.2, -0.15) is 5.10 Å². The second-order valence-electron chi connectivity index (χ2n) is 3.52. The molecule has 2 heterocycles. The number of nitrogens with zero attached hydrogens (tertiary/aromatic N) is 3. The van der Waals surface area contributed by atoms with Crippen LogP contribution in [0, 0.1) is 6.92 Å². The highest BCUT2D eigenvalue weighted by Crippen LogP contribution is 2.20. The summed E-state index contributed by atoms with van der Waals surface area (Å²) in [5.74, 6) is 0.284. The van der Waals surface area contributed by atoms with Gasteiger partial charge in [-0.1, -0.05) is 0 Å². The van der Waals surface area contributed by atoms with Gasteiger partial charge in [0.2, 0.25) is 5.89 Å². The molecule has 0 saturated carbocycles. The summed E-state index contributed by atoms with van der Waals surface area (Å²) in [7, 11) is 1.80. The summed E-state index contributed by atoms with van der Waals surface area (Å²) in [5.41, 5.74) is 0.790. The molecule has 17 heavy (non-hydrogen) atoms. The molecule has 0 aliphatic heterocycles. The Labute approximate surface area is 98.2 Å². The number of hydrogen-bond acceptors (Lipinski definition) is 5. The van der Waals surface area contributed by atoms with Crippen molar-refractivity contribution >= 4 is 5.97 Å². The van der Waals surface area contributed by atoms with Gasteiger partial charge < -0.3 is 9.15 Å². The summed E-state index contributed by atoms with van der Waals surface area (Å²) in [6.07, 6.45) is 1.78. The Morgan fingerprint density at radius 1 is 1.59 bits per heavy atom. The minimum Gasteiger partial charge on any atom is -0.461 e. The van der Waals surface area contributed by atoms with Gasteiger partial charge in [-0.25, -0.2) is 9.78 Å². The molecule has 2 aromatic heterocycles. The third-order valence-electron chi connectivity index (χ3n) is 2.20. The van der Waals surface area contributed by atoms with Gasteiger partial charge in [-0.05, 0) is 19.9 Å². The molecule has 0 atom stereocenters. The van der Waals surface area contributed by atoms with Crippen molar-refractivity contribution in [3.63, 3.8) is 0 Å². The number of ether oxygens (including phenoxy) is 1. The lowest BCUT2D eigenvalue weighted by Crippen LogP contribution is -2.06. The van der Waals surface area contributed by atoms with Crippen molar-refractivity contribution in [2.75, 3.05) is 6.61 Å². The standard InChI is InChI=1S/C11H13N3O3/c1-4-16-11(15)9-7(2)17-10(12-9)8-5-6-14(3)13-8/h5-6H,4H2,1-3H3. The molecule has 6 heteroatoms. The van der Waals surface area contributed by atoms with Crippen molar-refractivity contribution in [1.82, 2.24) is 14.8 Å². The fourth-order valence-electron chi connectivity index (χ4n) is 1.42. The maximum absolute atomic E-state index is 11.5. The second kappa shape index (κ2) is 4.40. The highest BCUT2D eigenvalue weighted by molar-refractivity contribution is 5.88. The summed E-state index contributed by atoms with van der Waals surface area (Å²) >= 11 is 0. The number of aryl methyl sites for hydroxylation is 2. The minimum atomic E-state index is -0.476. The third kappa shape index (κ3) is 2.20. The van der Waals surface area contributed by atoms with Crippen LogP contribution in [-0.2, 0) is 11.8 Å². The third-order valence-corrected chi connectivity index (χ3v) is 2.20. The van der Waals surface area contributed by atoms with Gasteiger partial charge in [0.25, 0.3) is 0 Å². The highest BCUT2D eigenvalue weighted by Gasteiger charge is 2.19. The first kappa shape index (κ1) is 11.4. The molecule has 0 fully saturated rings. The molecule has 0 saturated heterocycles. The highest BCUT2D eigenvalue weighted by atomic mass is 16.5. The zero-order valence-corrected chi connectivity index (χ0v) is 9.93. The fourth-order valence-corrected chi connectivity index (χ4v) is 1.42. The number of hydrogen-bond donors (Lipinski definition) is 0. The fraction of sp³-hybridized carbons (Fsp3) is 0.364. The molecule has 0 spiro atoms. The van der Waals surface area contributed by atoms with E-state index in [1.54, 1.807) is 37.8 Å². The Morgan fingerprint density at radius 2 is 2.35 bits per heavy atom. The maximum atomic E-state index is 11.5. The van der Waals surface area contributed by atoms with Crippen molar-refractivity contribution in [3.8, 4) is 11.6 Å². The molecule has 0 amide bonds. The van der Waals surface area contributed by atoms with E-state index < -0.39 is 5.97 Å². The number of carbonyl (C=O) groups is 1. The van der Waals surface area contributed by atoms with Gasteiger partial charge in [-0.15, -0.1) is 0 Å². The number of aromatic nitrogens is 3. The van der Waals surface area contributed by atoms with Crippen LogP contribution in [0.4, 0.5) is 0 Å². The van der Waals surface area contributed by atoms with E-state index in [1.165, 1.54) is 0 Å². The molecule has 0 bridgehead atoms. The molecule has 2 aromatic rings. The lowest BCUT2D eigenvalue weighted by atomic mass is 10.4. The van der Waals surface area contributed by atoms with E-state index in [0.717, 1.165) is 0 Å². The zero-order chi connectivity index (χ0) is 12.4. The number of esters is 1. The predicted octanol–water partition coefficient (Wildman–Crippen LogP) is 1.56. The van der Waals surface area contributed by atoms with E-state index in [1.807, 2.05) is 0 Å². The van der Waals surface area contributed by atoms with Gasteiger partial charge in [-0.3, -0.25) is 4.68 Å². The average molecular weight is 235 g/mol. The van der Waals surface area contributed by atoms with Gasteiger partial charge in [0.05, 0.1) is 6.61 Å². The van der Waals surface area contributed by atoms with Crippen LogP contribution in [0.25, 0.3) is 11.6 Å². The molecular weight excluding hydrogens is 222 g/mol. The summed E-state index contributed by atoms with van der Waals surface area (Å²) in [4.78, 5) is 15.6.